The molecule has 2 rings (SSSR count). The summed E-state index contributed by atoms with van der Waals surface area (Å²) in [5.74, 6) is 0.202. The fraction of sp³-hybridized carbons (Fsp3) is 0.667. The van der Waals surface area contributed by atoms with E-state index in [4.69, 9.17) is 0 Å². The number of carbonyl (C=O) groups is 1. The van der Waals surface area contributed by atoms with Gasteiger partial charge < -0.3 is 14.8 Å². The maximum atomic E-state index is 12.0. The number of amides is 1. The fourth-order valence-corrected chi connectivity index (χ4v) is 1.99. The van der Waals surface area contributed by atoms with Gasteiger partial charge in [-0.15, -0.1) is 0 Å². The van der Waals surface area contributed by atoms with Crippen molar-refractivity contribution in [1.82, 2.24) is 14.8 Å². The van der Waals surface area contributed by atoms with Gasteiger partial charge in [-0.2, -0.15) is 0 Å². The predicted molar refractivity (Wildman–Crippen MR) is 76.8 cm³/mol. The van der Waals surface area contributed by atoms with Crippen molar-refractivity contribution in [2.45, 2.75) is 58.3 Å². The lowest BCUT2D eigenvalue weighted by molar-refractivity contribution is -0.131. The molecule has 0 radical (unpaired) electrons. The van der Waals surface area contributed by atoms with E-state index < -0.39 is 0 Å². The van der Waals surface area contributed by atoms with Crippen molar-refractivity contribution in [2.75, 3.05) is 7.05 Å². The summed E-state index contributed by atoms with van der Waals surface area (Å²) in [5, 5.41) is 3.45. The molecule has 0 aromatic carbocycles. The minimum absolute atomic E-state index is 0.115. The highest BCUT2D eigenvalue weighted by Crippen LogP contribution is 2.25. The Morgan fingerprint density at radius 3 is 2.74 bits per heavy atom. The van der Waals surface area contributed by atoms with E-state index in [1.54, 1.807) is 0 Å². The Hall–Kier alpha value is -1.29. The van der Waals surface area contributed by atoms with Gasteiger partial charge in [0.15, 0.2) is 0 Å². The van der Waals surface area contributed by atoms with Crippen molar-refractivity contribution in [3.63, 3.8) is 0 Å². The molecule has 1 amide bonds. The molecule has 1 N–H and O–H groups in total. The average Bonchev–Trinajstić information content (AvgIpc) is 3.06. The standard InChI is InChI=1S/C15H25N3O/c1-15(2,3)16-9-12-7-8-18(10-12)11-14(19)17(4)13-5-6-13/h7-8,10,13,16H,5-6,9,11H2,1-4H3. The Morgan fingerprint density at radius 2 is 2.16 bits per heavy atom. The SMILES string of the molecule is CN(C(=O)Cn1ccc(CNC(C)(C)C)c1)C1CC1. The molecule has 1 aromatic rings. The van der Waals surface area contributed by atoms with Gasteiger partial charge in [0.1, 0.15) is 6.54 Å². The van der Waals surface area contributed by atoms with Crippen molar-refractivity contribution in [3.05, 3.63) is 24.0 Å². The van der Waals surface area contributed by atoms with Crippen molar-refractivity contribution in [2.24, 2.45) is 0 Å². The van der Waals surface area contributed by atoms with Gasteiger partial charge in [0.2, 0.25) is 5.91 Å². The third-order valence-corrected chi connectivity index (χ3v) is 3.44. The summed E-state index contributed by atoms with van der Waals surface area (Å²) < 4.78 is 1.97. The molecule has 0 bridgehead atoms. The van der Waals surface area contributed by atoms with Gasteiger partial charge in [0.05, 0.1) is 0 Å². The quantitative estimate of drug-likeness (QED) is 0.882. The molecule has 1 aliphatic carbocycles. The van der Waals surface area contributed by atoms with Crippen LogP contribution in [0.15, 0.2) is 18.5 Å². The molecule has 1 saturated carbocycles. The maximum Gasteiger partial charge on any atom is 0.242 e. The van der Waals surface area contributed by atoms with E-state index in [1.165, 1.54) is 5.56 Å². The van der Waals surface area contributed by atoms with Crippen LogP contribution in [0.1, 0.15) is 39.2 Å². The number of hydrogen-bond acceptors (Lipinski definition) is 2. The Bertz CT molecular complexity index is 440. The molecular weight excluding hydrogens is 238 g/mol. The van der Waals surface area contributed by atoms with E-state index in [-0.39, 0.29) is 11.4 Å². The highest BCUT2D eigenvalue weighted by atomic mass is 16.2. The van der Waals surface area contributed by atoms with Gasteiger partial charge in [-0.3, -0.25) is 4.79 Å². The molecule has 106 valence electrons. The summed E-state index contributed by atoms with van der Waals surface area (Å²) in [7, 11) is 1.91. The summed E-state index contributed by atoms with van der Waals surface area (Å²) in [5.41, 5.74) is 1.33. The zero-order valence-corrected chi connectivity index (χ0v) is 12.4. The molecule has 0 saturated heterocycles. The number of rotatable bonds is 5. The minimum atomic E-state index is 0.115. The van der Waals surface area contributed by atoms with Crippen molar-refractivity contribution >= 4 is 5.91 Å². The highest BCUT2D eigenvalue weighted by Gasteiger charge is 2.29. The Labute approximate surface area is 115 Å². The molecule has 4 heteroatoms. The second-order valence-electron chi connectivity index (χ2n) is 6.53. The van der Waals surface area contributed by atoms with Gasteiger partial charge in [0.25, 0.3) is 0 Å². The lowest BCUT2D eigenvalue weighted by Gasteiger charge is -2.20. The van der Waals surface area contributed by atoms with Crippen LogP contribution in [-0.2, 0) is 17.9 Å². The second kappa shape index (κ2) is 5.37. The molecule has 0 unspecified atom stereocenters. The van der Waals surface area contributed by atoms with Gasteiger partial charge >= 0.3 is 0 Å². The lowest BCUT2D eigenvalue weighted by atomic mass is 10.1. The second-order valence-corrected chi connectivity index (χ2v) is 6.53. The number of aromatic nitrogens is 1. The van der Waals surface area contributed by atoms with Crippen LogP contribution in [0.2, 0.25) is 0 Å². The monoisotopic (exact) mass is 263 g/mol. The van der Waals surface area contributed by atoms with E-state index in [2.05, 4.69) is 38.4 Å². The molecule has 1 aromatic heterocycles. The lowest BCUT2D eigenvalue weighted by Crippen LogP contribution is -2.35. The Balaban J connectivity index is 1.84. The zero-order chi connectivity index (χ0) is 14.0. The van der Waals surface area contributed by atoms with Crippen LogP contribution in [0.3, 0.4) is 0 Å². The van der Waals surface area contributed by atoms with Crippen molar-refractivity contribution in [3.8, 4) is 0 Å². The van der Waals surface area contributed by atoms with Crippen LogP contribution < -0.4 is 5.32 Å². The summed E-state index contributed by atoms with van der Waals surface area (Å²) in [6, 6.07) is 2.56. The smallest absolute Gasteiger partial charge is 0.242 e. The Morgan fingerprint density at radius 1 is 1.47 bits per heavy atom. The first-order chi connectivity index (χ1) is 8.85. The topological polar surface area (TPSA) is 37.3 Å². The summed E-state index contributed by atoms with van der Waals surface area (Å²) >= 11 is 0. The molecule has 1 heterocycles. The molecule has 1 aliphatic rings. The number of nitrogens with zero attached hydrogens (tertiary/aromatic N) is 2. The molecule has 4 nitrogen and oxygen atoms in total. The van der Waals surface area contributed by atoms with Crippen LogP contribution in [-0.4, -0.2) is 34.0 Å². The van der Waals surface area contributed by atoms with Crippen molar-refractivity contribution < 1.29 is 4.79 Å². The number of hydrogen-bond donors (Lipinski definition) is 1. The van der Waals surface area contributed by atoms with E-state index in [1.807, 2.05) is 22.7 Å². The summed E-state index contributed by atoms with van der Waals surface area (Å²) in [6.07, 6.45) is 6.36. The zero-order valence-electron chi connectivity index (χ0n) is 12.4. The molecule has 0 aliphatic heterocycles. The molecule has 19 heavy (non-hydrogen) atoms. The van der Waals surface area contributed by atoms with Crippen LogP contribution in [0.4, 0.5) is 0 Å². The summed E-state index contributed by atoms with van der Waals surface area (Å²) in [4.78, 5) is 13.9. The van der Waals surface area contributed by atoms with Gasteiger partial charge in [-0.1, -0.05) is 0 Å². The van der Waals surface area contributed by atoms with Gasteiger partial charge in [-0.05, 0) is 45.2 Å². The van der Waals surface area contributed by atoms with E-state index >= 15 is 0 Å². The van der Waals surface area contributed by atoms with Gasteiger partial charge in [0, 0.05) is 37.6 Å². The summed E-state index contributed by atoms with van der Waals surface area (Å²) in [6.45, 7) is 7.74. The van der Waals surface area contributed by atoms with Crippen molar-refractivity contribution in [1.29, 1.82) is 0 Å². The number of nitrogens with one attached hydrogen (secondary N) is 1. The third kappa shape index (κ3) is 4.39. The number of carbonyl (C=O) groups excluding carboxylic acids is 1. The van der Waals surface area contributed by atoms with Crippen LogP contribution in [0, 0.1) is 0 Å². The maximum absolute atomic E-state index is 12.0. The van der Waals surface area contributed by atoms with Crippen LogP contribution in [0.5, 0.6) is 0 Å². The molecule has 0 spiro atoms. The fourth-order valence-electron chi connectivity index (χ4n) is 1.99. The third-order valence-electron chi connectivity index (χ3n) is 3.44. The Kier molecular flexibility index (Phi) is 3.99. The average molecular weight is 263 g/mol. The normalized spacial score (nSPS) is 15.6. The molecule has 0 atom stereocenters. The first kappa shape index (κ1) is 14.1. The molecule has 1 fully saturated rings. The van der Waals surface area contributed by atoms with E-state index in [0.29, 0.717) is 12.6 Å². The van der Waals surface area contributed by atoms with Crippen LogP contribution >= 0.6 is 0 Å². The van der Waals surface area contributed by atoms with E-state index in [0.717, 1.165) is 19.4 Å². The minimum Gasteiger partial charge on any atom is -0.345 e. The first-order valence-electron chi connectivity index (χ1n) is 7.00. The van der Waals surface area contributed by atoms with E-state index in [9.17, 15) is 4.79 Å². The predicted octanol–water partition coefficient (Wildman–Crippen LogP) is 2.00. The largest absolute Gasteiger partial charge is 0.345 e. The highest BCUT2D eigenvalue weighted by molar-refractivity contribution is 5.76. The number of likely N-dealkylation sites (N-methyl/N-ethyl adjacent to an activating group) is 1. The van der Waals surface area contributed by atoms with Crippen LogP contribution in [0.25, 0.3) is 0 Å². The molecular formula is C15H25N3O. The van der Waals surface area contributed by atoms with Gasteiger partial charge in [-0.25, -0.2) is 0 Å². The first-order valence-corrected chi connectivity index (χ1v) is 7.00.